The molecule has 1 unspecified atom stereocenters. The van der Waals surface area contributed by atoms with E-state index in [4.69, 9.17) is 0 Å². The van der Waals surface area contributed by atoms with Crippen LogP contribution in [-0.4, -0.2) is 18.9 Å². The molecule has 0 saturated carbocycles. The number of carbonyl (C=O) groups is 2. The minimum Gasteiger partial charge on any atom is -0.355 e. The summed E-state index contributed by atoms with van der Waals surface area (Å²) < 4.78 is 13.7. The molecule has 0 radical (unpaired) electrons. The lowest BCUT2D eigenvalue weighted by atomic mass is 9.99. The predicted molar refractivity (Wildman–Crippen MR) is 87.7 cm³/mol. The topological polar surface area (TPSA) is 58.2 Å². The van der Waals surface area contributed by atoms with Gasteiger partial charge < -0.3 is 10.6 Å². The van der Waals surface area contributed by atoms with Gasteiger partial charge in [0.25, 0.3) is 5.91 Å². The number of benzene rings is 2. The average molecular weight is 314 g/mol. The van der Waals surface area contributed by atoms with Gasteiger partial charge in [0, 0.05) is 13.0 Å². The molecule has 0 aliphatic carbocycles. The maximum Gasteiger partial charge on any atom is 0.253 e. The van der Waals surface area contributed by atoms with Crippen molar-refractivity contribution in [3.05, 3.63) is 65.5 Å². The Balaban J connectivity index is 2.10. The second-order valence-corrected chi connectivity index (χ2v) is 5.31. The maximum atomic E-state index is 13.7. The molecule has 2 aromatic carbocycles. The number of rotatable bonds is 5. The van der Waals surface area contributed by atoms with Gasteiger partial charge in [0.2, 0.25) is 5.91 Å². The molecule has 0 aliphatic rings. The highest BCUT2D eigenvalue weighted by Gasteiger charge is 2.18. The zero-order valence-corrected chi connectivity index (χ0v) is 13.1. The number of para-hydroxylation sites is 1. The van der Waals surface area contributed by atoms with E-state index in [0.29, 0.717) is 23.2 Å². The summed E-state index contributed by atoms with van der Waals surface area (Å²) in [7, 11) is 1.53. The first-order valence-corrected chi connectivity index (χ1v) is 7.38. The van der Waals surface area contributed by atoms with Crippen molar-refractivity contribution in [2.75, 3.05) is 12.4 Å². The van der Waals surface area contributed by atoms with Gasteiger partial charge in [-0.05, 0) is 30.2 Å². The van der Waals surface area contributed by atoms with Crippen LogP contribution in [0.1, 0.15) is 22.8 Å². The van der Waals surface area contributed by atoms with Gasteiger partial charge in [-0.2, -0.15) is 0 Å². The summed E-state index contributed by atoms with van der Waals surface area (Å²) in [6, 6.07) is 13.2. The predicted octanol–water partition coefficient (Wildman–Crippen LogP) is 3.00. The highest BCUT2D eigenvalue weighted by atomic mass is 19.1. The molecule has 4 nitrogen and oxygen atoms in total. The van der Waals surface area contributed by atoms with Gasteiger partial charge in [0.05, 0.1) is 11.3 Å². The van der Waals surface area contributed by atoms with E-state index in [0.717, 1.165) is 0 Å². The molecular formula is C18H19FN2O2. The Labute approximate surface area is 134 Å². The van der Waals surface area contributed by atoms with E-state index in [-0.39, 0.29) is 17.6 Å². The molecule has 2 amide bonds. The first-order valence-electron chi connectivity index (χ1n) is 7.38. The van der Waals surface area contributed by atoms with Gasteiger partial charge >= 0.3 is 0 Å². The summed E-state index contributed by atoms with van der Waals surface area (Å²) in [6.45, 7) is 1.73. The van der Waals surface area contributed by atoms with Crippen molar-refractivity contribution in [3.8, 4) is 0 Å². The third kappa shape index (κ3) is 4.16. The second kappa shape index (κ2) is 7.54. The highest BCUT2D eigenvalue weighted by molar-refractivity contribution is 6.04. The molecule has 5 heteroatoms. The average Bonchev–Trinajstić information content (AvgIpc) is 2.56. The standard InChI is InChI=1S/C18H19FN2O2/c1-12(11-13-7-3-5-9-15(13)19)17(22)21-16-10-6-4-8-14(16)18(23)20-2/h3-10,12H,11H2,1-2H3,(H,20,23)(H,21,22). The third-order valence-electron chi connectivity index (χ3n) is 3.59. The van der Waals surface area contributed by atoms with Crippen LogP contribution >= 0.6 is 0 Å². The molecule has 1 atom stereocenters. The van der Waals surface area contributed by atoms with Gasteiger partial charge in [-0.3, -0.25) is 9.59 Å². The summed E-state index contributed by atoms with van der Waals surface area (Å²) in [6.07, 6.45) is 0.292. The minimum atomic E-state index is -0.426. The molecule has 0 aromatic heterocycles. The van der Waals surface area contributed by atoms with E-state index in [2.05, 4.69) is 10.6 Å². The van der Waals surface area contributed by atoms with Crippen LogP contribution in [0.2, 0.25) is 0 Å². The smallest absolute Gasteiger partial charge is 0.253 e. The van der Waals surface area contributed by atoms with Crippen LogP contribution in [0.4, 0.5) is 10.1 Å². The van der Waals surface area contributed by atoms with Crippen molar-refractivity contribution >= 4 is 17.5 Å². The van der Waals surface area contributed by atoms with E-state index in [1.807, 2.05) is 0 Å². The van der Waals surface area contributed by atoms with Gasteiger partial charge in [-0.25, -0.2) is 4.39 Å². The molecule has 0 fully saturated rings. The number of carbonyl (C=O) groups excluding carboxylic acids is 2. The molecule has 2 N–H and O–H groups in total. The SMILES string of the molecule is CNC(=O)c1ccccc1NC(=O)C(C)Cc1ccccc1F. The molecule has 0 spiro atoms. The Morgan fingerprint density at radius 3 is 2.43 bits per heavy atom. The zero-order valence-electron chi connectivity index (χ0n) is 13.1. The molecule has 0 bridgehead atoms. The number of amides is 2. The van der Waals surface area contributed by atoms with E-state index in [1.165, 1.54) is 13.1 Å². The first kappa shape index (κ1) is 16.7. The lowest BCUT2D eigenvalue weighted by Crippen LogP contribution is -2.25. The third-order valence-corrected chi connectivity index (χ3v) is 3.59. The normalized spacial score (nSPS) is 11.6. The zero-order chi connectivity index (χ0) is 16.8. The Hall–Kier alpha value is -2.69. The van der Waals surface area contributed by atoms with Crippen LogP contribution in [0.5, 0.6) is 0 Å². The van der Waals surface area contributed by atoms with Gasteiger partial charge in [0.15, 0.2) is 0 Å². The van der Waals surface area contributed by atoms with Crippen LogP contribution in [0, 0.1) is 11.7 Å². The van der Waals surface area contributed by atoms with Crippen molar-refractivity contribution in [2.45, 2.75) is 13.3 Å². The van der Waals surface area contributed by atoms with Crippen molar-refractivity contribution < 1.29 is 14.0 Å². The fraction of sp³-hybridized carbons (Fsp3) is 0.222. The number of anilines is 1. The van der Waals surface area contributed by atoms with Crippen molar-refractivity contribution in [3.63, 3.8) is 0 Å². The Bertz CT molecular complexity index is 716. The number of hydrogen-bond donors (Lipinski definition) is 2. The molecular weight excluding hydrogens is 295 g/mol. The molecule has 2 rings (SSSR count). The van der Waals surface area contributed by atoms with Gasteiger partial charge in [0.1, 0.15) is 5.82 Å². The van der Waals surface area contributed by atoms with Crippen molar-refractivity contribution in [1.29, 1.82) is 0 Å². The fourth-order valence-corrected chi connectivity index (χ4v) is 2.27. The van der Waals surface area contributed by atoms with E-state index >= 15 is 0 Å². The quantitative estimate of drug-likeness (QED) is 0.891. The molecule has 0 aliphatic heterocycles. The fourth-order valence-electron chi connectivity index (χ4n) is 2.27. The largest absolute Gasteiger partial charge is 0.355 e. The highest BCUT2D eigenvalue weighted by Crippen LogP contribution is 2.18. The minimum absolute atomic E-state index is 0.260. The van der Waals surface area contributed by atoms with Crippen LogP contribution < -0.4 is 10.6 Å². The summed E-state index contributed by atoms with van der Waals surface area (Å²) >= 11 is 0. The summed E-state index contributed by atoms with van der Waals surface area (Å²) in [4.78, 5) is 24.1. The van der Waals surface area contributed by atoms with Crippen LogP contribution in [0.25, 0.3) is 0 Å². The van der Waals surface area contributed by atoms with Crippen molar-refractivity contribution in [1.82, 2.24) is 5.32 Å². The monoisotopic (exact) mass is 314 g/mol. The maximum absolute atomic E-state index is 13.7. The van der Waals surface area contributed by atoms with E-state index < -0.39 is 5.92 Å². The number of halogens is 1. The second-order valence-electron chi connectivity index (χ2n) is 5.31. The Morgan fingerprint density at radius 2 is 1.74 bits per heavy atom. The first-order chi connectivity index (χ1) is 11.0. The molecule has 2 aromatic rings. The lowest BCUT2D eigenvalue weighted by molar-refractivity contribution is -0.119. The molecule has 0 saturated heterocycles. The Kier molecular flexibility index (Phi) is 5.46. The number of hydrogen-bond acceptors (Lipinski definition) is 2. The van der Waals surface area contributed by atoms with E-state index in [1.54, 1.807) is 49.4 Å². The van der Waals surface area contributed by atoms with Crippen molar-refractivity contribution in [2.24, 2.45) is 5.92 Å². The van der Waals surface area contributed by atoms with Gasteiger partial charge in [-0.1, -0.05) is 37.3 Å². The van der Waals surface area contributed by atoms with E-state index in [9.17, 15) is 14.0 Å². The summed E-state index contributed by atoms with van der Waals surface area (Å²) in [5.41, 5.74) is 1.33. The number of nitrogens with one attached hydrogen (secondary N) is 2. The molecule has 120 valence electrons. The molecule has 23 heavy (non-hydrogen) atoms. The van der Waals surface area contributed by atoms with Crippen LogP contribution in [0.3, 0.4) is 0 Å². The molecule has 0 heterocycles. The summed E-state index contributed by atoms with van der Waals surface area (Å²) in [5.74, 6) is -1.28. The van der Waals surface area contributed by atoms with Crippen LogP contribution in [-0.2, 0) is 11.2 Å². The Morgan fingerprint density at radius 1 is 1.09 bits per heavy atom. The lowest BCUT2D eigenvalue weighted by Gasteiger charge is -2.15. The van der Waals surface area contributed by atoms with Crippen LogP contribution in [0.15, 0.2) is 48.5 Å². The van der Waals surface area contributed by atoms with Gasteiger partial charge in [-0.15, -0.1) is 0 Å². The summed E-state index contributed by atoms with van der Waals surface area (Å²) in [5, 5.41) is 5.27.